The van der Waals surface area contributed by atoms with Crippen molar-refractivity contribution < 1.29 is 27.6 Å². The van der Waals surface area contributed by atoms with Gasteiger partial charge in [0.15, 0.2) is 5.13 Å². The second kappa shape index (κ2) is 13.7. The van der Waals surface area contributed by atoms with Gasteiger partial charge in [0.25, 0.3) is 11.8 Å². The molecule has 0 saturated carbocycles. The molecule has 0 spiro atoms. The molecule has 0 unspecified atom stereocenters. The highest BCUT2D eigenvalue weighted by molar-refractivity contribution is 7.19. The third-order valence-electron chi connectivity index (χ3n) is 6.90. The maximum absolute atomic E-state index is 14.8. The Balaban J connectivity index is 1.21. The Morgan fingerprint density at radius 1 is 1.09 bits per heavy atom. The lowest BCUT2D eigenvalue weighted by Gasteiger charge is -2.32. The van der Waals surface area contributed by atoms with Crippen LogP contribution in [0.2, 0.25) is 0 Å². The number of ether oxygens (including phenoxy) is 1. The molecule has 3 heterocycles. The van der Waals surface area contributed by atoms with E-state index in [9.17, 15) is 18.4 Å². The SMILES string of the molecule is COc1cccc(C(=O)Nc2cc(-c3noc(-c4sc(NC(=O)NCCCN5CCN(C)CC5)nc4N)n3)c(F)cc2F)c1. The number of carbonyl (C=O) groups excluding carboxylic acids is 2. The normalized spacial score (nSPS) is 13.9. The standard InChI is InChI=1S/C28H31F2N9O4S/c1-38-9-11-39(12-10-38)8-4-7-32-27(41)36-28-34-23(31)22(44-28)26-35-24(37-43-26)18-14-21(20(30)15-19(18)29)33-25(40)16-5-3-6-17(13-16)42-2/h3,5-6,13-15H,4,7-12,31H2,1-2H3,(H,33,40)(H2,32,34,36,41). The molecule has 0 aliphatic carbocycles. The number of amides is 3. The van der Waals surface area contributed by atoms with Crippen molar-refractivity contribution >= 4 is 39.9 Å². The highest BCUT2D eigenvalue weighted by Gasteiger charge is 2.22. The molecule has 3 amide bonds. The van der Waals surface area contributed by atoms with Gasteiger partial charge >= 0.3 is 6.03 Å². The summed E-state index contributed by atoms with van der Waals surface area (Å²) in [6.45, 7) is 5.48. The van der Waals surface area contributed by atoms with Gasteiger partial charge in [0.05, 0.1) is 18.4 Å². The number of halogens is 2. The average molecular weight is 628 g/mol. The van der Waals surface area contributed by atoms with Crippen LogP contribution in [0.3, 0.4) is 0 Å². The molecular weight excluding hydrogens is 596 g/mol. The van der Waals surface area contributed by atoms with E-state index in [0.717, 1.165) is 56.5 Å². The molecule has 1 fully saturated rings. The molecule has 1 aliphatic rings. The van der Waals surface area contributed by atoms with Gasteiger partial charge in [-0.25, -0.2) is 18.6 Å². The van der Waals surface area contributed by atoms with E-state index in [0.29, 0.717) is 18.4 Å². The molecule has 5 N–H and O–H groups in total. The smallest absolute Gasteiger partial charge is 0.321 e. The van der Waals surface area contributed by atoms with Gasteiger partial charge < -0.3 is 35.4 Å². The van der Waals surface area contributed by atoms with Crippen molar-refractivity contribution in [3.8, 4) is 27.9 Å². The first-order chi connectivity index (χ1) is 21.2. The molecule has 0 radical (unpaired) electrons. The van der Waals surface area contributed by atoms with Gasteiger partial charge in [0.2, 0.25) is 5.82 Å². The molecular formula is C28H31F2N9O4S. The molecule has 1 aliphatic heterocycles. The molecule has 4 aromatic rings. The number of carbonyl (C=O) groups is 2. The Morgan fingerprint density at radius 2 is 1.89 bits per heavy atom. The number of hydrogen-bond acceptors (Lipinski definition) is 11. The number of benzene rings is 2. The van der Waals surface area contributed by atoms with Crippen molar-refractivity contribution in [1.82, 2.24) is 30.2 Å². The van der Waals surface area contributed by atoms with Gasteiger partial charge in [-0.15, -0.1) is 0 Å². The summed E-state index contributed by atoms with van der Waals surface area (Å²) in [5.74, 6) is -2.44. The monoisotopic (exact) mass is 627 g/mol. The number of nitrogens with two attached hydrogens (primary N) is 1. The fraction of sp³-hybridized carbons (Fsp3) is 0.321. The van der Waals surface area contributed by atoms with Crippen molar-refractivity contribution in [1.29, 1.82) is 0 Å². The van der Waals surface area contributed by atoms with E-state index in [2.05, 4.69) is 47.9 Å². The number of nitrogens with one attached hydrogen (secondary N) is 3. The lowest BCUT2D eigenvalue weighted by atomic mass is 10.1. The van der Waals surface area contributed by atoms with Crippen LogP contribution in [0.5, 0.6) is 5.75 Å². The van der Waals surface area contributed by atoms with Gasteiger partial charge in [-0.3, -0.25) is 10.1 Å². The second-order valence-electron chi connectivity index (χ2n) is 10.0. The number of anilines is 3. The first-order valence-electron chi connectivity index (χ1n) is 13.7. The van der Waals surface area contributed by atoms with Gasteiger partial charge in [0.1, 0.15) is 28.1 Å². The molecule has 1 saturated heterocycles. The van der Waals surface area contributed by atoms with Gasteiger partial charge in [-0.1, -0.05) is 22.6 Å². The lowest BCUT2D eigenvalue weighted by Crippen LogP contribution is -2.45. The first-order valence-corrected chi connectivity index (χ1v) is 14.5. The van der Waals surface area contributed by atoms with Crippen LogP contribution in [-0.4, -0.2) is 90.3 Å². The number of aromatic nitrogens is 3. The predicted octanol–water partition coefficient (Wildman–Crippen LogP) is 3.74. The Bertz CT molecular complexity index is 1640. The summed E-state index contributed by atoms with van der Waals surface area (Å²) in [4.78, 5) is 38.3. The zero-order valence-electron chi connectivity index (χ0n) is 24.0. The lowest BCUT2D eigenvalue weighted by molar-refractivity contribution is 0.102. The summed E-state index contributed by atoms with van der Waals surface area (Å²) < 4.78 is 39.8. The number of rotatable bonds is 10. The number of likely N-dealkylation sites (N-methyl/N-ethyl adjacent to an activating group) is 1. The van der Waals surface area contributed by atoms with Crippen LogP contribution in [0.1, 0.15) is 16.8 Å². The molecule has 44 heavy (non-hydrogen) atoms. The van der Waals surface area contributed by atoms with Crippen LogP contribution < -0.4 is 26.4 Å². The molecule has 2 aromatic carbocycles. The molecule has 232 valence electrons. The minimum atomic E-state index is -0.994. The summed E-state index contributed by atoms with van der Waals surface area (Å²) in [6, 6.07) is 7.50. The molecule has 0 bridgehead atoms. The second-order valence-corrected chi connectivity index (χ2v) is 11.0. The molecule has 5 rings (SSSR count). The van der Waals surface area contributed by atoms with E-state index in [1.807, 2.05) is 0 Å². The van der Waals surface area contributed by atoms with Gasteiger partial charge in [-0.05, 0) is 44.3 Å². The third-order valence-corrected chi connectivity index (χ3v) is 7.88. The average Bonchev–Trinajstić information content (AvgIpc) is 3.64. The molecule has 0 atom stereocenters. The van der Waals surface area contributed by atoms with Gasteiger partial charge in [0, 0.05) is 44.4 Å². The number of piperazine rings is 1. The summed E-state index contributed by atoms with van der Waals surface area (Å²) in [5.41, 5.74) is 5.72. The van der Waals surface area contributed by atoms with E-state index < -0.39 is 23.6 Å². The van der Waals surface area contributed by atoms with Crippen molar-refractivity contribution in [2.45, 2.75) is 6.42 Å². The highest BCUT2D eigenvalue weighted by Crippen LogP contribution is 2.35. The van der Waals surface area contributed by atoms with Crippen LogP contribution in [0.25, 0.3) is 22.2 Å². The first kappa shape index (κ1) is 30.8. The number of nitrogens with zero attached hydrogens (tertiary/aromatic N) is 5. The number of methoxy groups -OCH3 is 1. The van der Waals surface area contributed by atoms with Crippen molar-refractivity contribution in [2.24, 2.45) is 0 Å². The number of thiazole rings is 1. The van der Waals surface area contributed by atoms with Crippen LogP contribution in [0.4, 0.5) is 30.2 Å². The summed E-state index contributed by atoms with van der Waals surface area (Å²) in [7, 11) is 3.56. The Kier molecular flexibility index (Phi) is 9.62. The molecule has 13 nitrogen and oxygen atoms in total. The molecule has 2 aromatic heterocycles. The Morgan fingerprint density at radius 3 is 2.66 bits per heavy atom. The zero-order valence-corrected chi connectivity index (χ0v) is 24.8. The fourth-order valence-electron chi connectivity index (χ4n) is 4.46. The number of urea groups is 1. The van der Waals surface area contributed by atoms with Crippen molar-refractivity contribution in [3.05, 3.63) is 53.6 Å². The summed E-state index contributed by atoms with van der Waals surface area (Å²) in [5, 5.41) is 11.8. The van der Waals surface area contributed by atoms with E-state index in [-0.39, 0.29) is 44.4 Å². The van der Waals surface area contributed by atoms with Crippen LogP contribution >= 0.6 is 11.3 Å². The van der Waals surface area contributed by atoms with Crippen LogP contribution in [-0.2, 0) is 0 Å². The minimum Gasteiger partial charge on any atom is -0.497 e. The summed E-state index contributed by atoms with van der Waals surface area (Å²) in [6.07, 6.45) is 0.805. The Labute approximate surface area is 255 Å². The quantitative estimate of drug-likeness (QED) is 0.191. The van der Waals surface area contributed by atoms with Crippen molar-refractivity contribution in [3.63, 3.8) is 0 Å². The van der Waals surface area contributed by atoms with Crippen LogP contribution in [0, 0.1) is 11.6 Å². The van der Waals surface area contributed by atoms with E-state index in [4.69, 9.17) is 15.0 Å². The number of hydrogen-bond donors (Lipinski definition) is 4. The number of nitrogen functional groups attached to an aromatic ring is 1. The zero-order chi connectivity index (χ0) is 31.2. The fourth-order valence-corrected chi connectivity index (χ4v) is 5.26. The Hall–Kier alpha value is -4.67. The minimum absolute atomic E-state index is 0.0152. The largest absolute Gasteiger partial charge is 0.497 e. The third kappa shape index (κ3) is 7.45. The van der Waals surface area contributed by atoms with Gasteiger partial charge in [-0.2, -0.15) is 4.98 Å². The van der Waals surface area contributed by atoms with Crippen LogP contribution in [0.15, 0.2) is 40.9 Å². The van der Waals surface area contributed by atoms with E-state index >= 15 is 0 Å². The molecule has 16 heteroatoms. The summed E-state index contributed by atoms with van der Waals surface area (Å²) >= 11 is 0.992. The van der Waals surface area contributed by atoms with E-state index in [1.165, 1.54) is 19.2 Å². The maximum atomic E-state index is 14.8. The predicted molar refractivity (Wildman–Crippen MR) is 162 cm³/mol. The highest BCUT2D eigenvalue weighted by atomic mass is 32.1. The topological polar surface area (TPSA) is 164 Å². The van der Waals surface area contributed by atoms with Crippen molar-refractivity contribution in [2.75, 3.05) is 69.8 Å². The van der Waals surface area contributed by atoms with E-state index in [1.54, 1.807) is 12.1 Å². The maximum Gasteiger partial charge on any atom is 0.321 e.